The van der Waals surface area contributed by atoms with Crippen molar-refractivity contribution >= 4 is 17.3 Å². The Labute approximate surface area is 307 Å². The number of aliphatic hydroxyl groups excluding tert-OH is 4. The molecular weight excluding hydrogens is 682 g/mol. The fourth-order valence-corrected chi connectivity index (χ4v) is 6.55. The van der Waals surface area contributed by atoms with Crippen molar-refractivity contribution in [3.63, 3.8) is 0 Å². The molecule has 0 radical (unpaired) electrons. The number of aryl methyl sites for hydroxylation is 1. The molecule has 2 atom stereocenters. The number of anilines is 1. The lowest BCUT2D eigenvalue weighted by Gasteiger charge is -2.29. The molecular formula is C40H45N3O10. The minimum Gasteiger partial charge on any atom is -0.493 e. The molecule has 0 spiro atoms. The molecule has 0 fully saturated rings. The first-order valence-electron chi connectivity index (χ1n) is 17.4. The van der Waals surface area contributed by atoms with E-state index in [0.717, 1.165) is 22.4 Å². The molecule has 6 rings (SSSR count). The maximum atomic E-state index is 12.7. The fraction of sp³-hybridized carbons (Fsp3) is 0.350. The highest BCUT2D eigenvalue weighted by molar-refractivity contribution is 6.02. The number of hydrogen-bond acceptors (Lipinski definition) is 12. The summed E-state index contributed by atoms with van der Waals surface area (Å²) in [6.07, 6.45) is 0.886. The molecule has 0 bridgehead atoms. The van der Waals surface area contributed by atoms with Gasteiger partial charge < -0.3 is 54.8 Å². The van der Waals surface area contributed by atoms with E-state index in [9.17, 15) is 25.2 Å². The number of unbranched alkanes of at least 4 members (excludes halogenated alkanes) is 1. The quantitative estimate of drug-likeness (QED) is 0.0861. The van der Waals surface area contributed by atoms with Crippen LogP contribution in [0.2, 0.25) is 0 Å². The van der Waals surface area contributed by atoms with E-state index in [0.29, 0.717) is 94.6 Å². The number of methoxy groups -OCH3 is 2. The second kappa shape index (κ2) is 17.0. The molecule has 4 aromatic carbocycles. The monoisotopic (exact) mass is 727 g/mol. The van der Waals surface area contributed by atoms with Gasteiger partial charge in [0.25, 0.3) is 5.91 Å². The molecule has 0 aromatic heterocycles. The summed E-state index contributed by atoms with van der Waals surface area (Å²) >= 11 is 0. The van der Waals surface area contributed by atoms with E-state index in [-0.39, 0.29) is 32.3 Å². The summed E-state index contributed by atoms with van der Waals surface area (Å²) in [4.78, 5) is 18.5. The molecule has 53 heavy (non-hydrogen) atoms. The van der Waals surface area contributed by atoms with Crippen molar-refractivity contribution < 1.29 is 49.0 Å². The van der Waals surface area contributed by atoms with Crippen LogP contribution >= 0.6 is 0 Å². The summed E-state index contributed by atoms with van der Waals surface area (Å²) < 4.78 is 23.5. The van der Waals surface area contributed by atoms with Gasteiger partial charge in [0.15, 0.2) is 17.6 Å². The van der Waals surface area contributed by atoms with E-state index in [1.54, 1.807) is 32.4 Å². The van der Waals surface area contributed by atoms with Crippen molar-refractivity contribution in [1.29, 1.82) is 0 Å². The molecule has 13 heteroatoms. The Bertz CT molecular complexity index is 1930. The highest BCUT2D eigenvalue weighted by atomic mass is 16.6. The van der Waals surface area contributed by atoms with E-state index < -0.39 is 12.3 Å². The average Bonchev–Trinajstić information content (AvgIpc) is 3.69. The van der Waals surface area contributed by atoms with Crippen LogP contribution in [0.15, 0.2) is 65.8 Å². The Balaban J connectivity index is 1.02. The van der Waals surface area contributed by atoms with E-state index in [2.05, 4.69) is 15.8 Å². The predicted molar refractivity (Wildman–Crippen MR) is 196 cm³/mol. The maximum Gasteiger partial charge on any atom is 0.255 e. The van der Waals surface area contributed by atoms with Gasteiger partial charge in [0.05, 0.1) is 65.1 Å². The van der Waals surface area contributed by atoms with Crippen molar-refractivity contribution in [2.24, 2.45) is 5.16 Å². The molecule has 2 aliphatic heterocycles. The number of amides is 1. The van der Waals surface area contributed by atoms with Gasteiger partial charge in [-0.05, 0) is 90.6 Å². The minimum atomic E-state index is -0.441. The Morgan fingerprint density at radius 1 is 0.755 bits per heavy atom. The van der Waals surface area contributed by atoms with E-state index in [4.69, 9.17) is 23.8 Å². The van der Waals surface area contributed by atoms with Crippen LogP contribution in [0.1, 0.15) is 86.4 Å². The first-order valence-corrected chi connectivity index (χ1v) is 17.4. The molecule has 0 aliphatic carbocycles. The van der Waals surface area contributed by atoms with Gasteiger partial charge in [-0.15, -0.1) is 0 Å². The summed E-state index contributed by atoms with van der Waals surface area (Å²) in [6.45, 7) is 1.63. The second-order valence-corrected chi connectivity index (χ2v) is 12.9. The van der Waals surface area contributed by atoms with Crippen LogP contribution in [0.4, 0.5) is 5.69 Å². The third-order valence-electron chi connectivity index (χ3n) is 9.42. The zero-order chi connectivity index (χ0) is 37.5. The highest BCUT2D eigenvalue weighted by Gasteiger charge is 2.28. The van der Waals surface area contributed by atoms with Crippen molar-refractivity contribution in [2.45, 2.75) is 64.9 Å². The Kier molecular flexibility index (Phi) is 12.0. The molecule has 2 heterocycles. The molecule has 6 N–H and O–H groups in total. The topological polar surface area (TPSA) is 181 Å². The summed E-state index contributed by atoms with van der Waals surface area (Å²) in [5.74, 6) is 1.82. The number of carbonyl (C=O) groups excluding carboxylic acids is 1. The summed E-state index contributed by atoms with van der Waals surface area (Å²) in [5.41, 5.74) is 7.43. The van der Waals surface area contributed by atoms with Crippen LogP contribution in [0.5, 0.6) is 23.0 Å². The number of fused-ring (bicyclic) bond motifs is 1. The van der Waals surface area contributed by atoms with Crippen LogP contribution in [0, 0.1) is 6.92 Å². The summed E-state index contributed by atoms with van der Waals surface area (Å²) in [6, 6.07) is 18.4. The molecule has 4 aromatic rings. The maximum absolute atomic E-state index is 12.7. The van der Waals surface area contributed by atoms with Crippen LogP contribution in [0.3, 0.4) is 0 Å². The SMILES string of the molecule is COc1cc(C2CC(c3cc(CO)c(CO)c(CO)c3)=NO2)cc(OC)c1OCCCCOc1ccc(C2NC(=O)c3cc(C)ccc3N2)cc1CO. The normalized spacial score (nSPS) is 16.2. The summed E-state index contributed by atoms with van der Waals surface area (Å²) in [7, 11) is 3.10. The van der Waals surface area contributed by atoms with E-state index in [1.807, 2.05) is 49.4 Å². The lowest BCUT2D eigenvalue weighted by molar-refractivity contribution is 0.0852. The van der Waals surface area contributed by atoms with Gasteiger partial charge in [-0.25, -0.2) is 0 Å². The Morgan fingerprint density at radius 3 is 2.08 bits per heavy atom. The third kappa shape index (κ3) is 8.18. The van der Waals surface area contributed by atoms with Gasteiger partial charge in [0, 0.05) is 28.8 Å². The van der Waals surface area contributed by atoms with Crippen molar-refractivity contribution in [1.82, 2.24) is 5.32 Å². The lowest BCUT2D eigenvalue weighted by Crippen LogP contribution is -2.38. The molecule has 0 saturated carbocycles. The number of hydrogen-bond donors (Lipinski definition) is 6. The van der Waals surface area contributed by atoms with Crippen LogP contribution in [-0.4, -0.2) is 59.5 Å². The smallest absolute Gasteiger partial charge is 0.255 e. The lowest BCUT2D eigenvalue weighted by atomic mass is 9.93. The number of nitrogens with one attached hydrogen (secondary N) is 2. The van der Waals surface area contributed by atoms with E-state index >= 15 is 0 Å². The molecule has 280 valence electrons. The molecule has 13 nitrogen and oxygen atoms in total. The zero-order valence-electron chi connectivity index (χ0n) is 30.0. The largest absolute Gasteiger partial charge is 0.493 e. The predicted octanol–water partition coefficient (Wildman–Crippen LogP) is 4.94. The number of ether oxygens (including phenoxy) is 4. The van der Waals surface area contributed by atoms with Crippen molar-refractivity contribution in [3.8, 4) is 23.0 Å². The number of oxime groups is 1. The highest BCUT2D eigenvalue weighted by Crippen LogP contribution is 2.43. The standard InChI is InChI=1S/C40H45N3O10/c1-23-6-8-32-30(12-23)40(48)42-39(41-32)24-7-9-34(29(13-24)21-46)51-10-4-5-11-52-38-36(49-2)16-26(17-37(38)50-3)35-18-33(43-53-35)25-14-27(19-44)31(22-47)28(15-25)20-45/h6-9,12-17,35,39,41,44-47H,4-5,10-11,18-22H2,1-3H3,(H,42,48). The number of nitrogens with zero attached hydrogens (tertiary/aromatic N) is 1. The van der Waals surface area contributed by atoms with Gasteiger partial charge in [-0.3, -0.25) is 4.79 Å². The molecule has 1 amide bonds. The molecule has 2 unspecified atom stereocenters. The van der Waals surface area contributed by atoms with Crippen LogP contribution in [0.25, 0.3) is 0 Å². The Morgan fingerprint density at radius 2 is 1.43 bits per heavy atom. The van der Waals surface area contributed by atoms with Crippen molar-refractivity contribution in [2.75, 3.05) is 32.8 Å². The van der Waals surface area contributed by atoms with Gasteiger partial charge >= 0.3 is 0 Å². The van der Waals surface area contributed by atoms with Gasteiger partial charge in [0.1, 0.15) is 11.9 Å². The number of carbonyl (C=O) groups is 1. The van der Waals surface area contributed by atoms with E-state index in [1.165, 1.54) is 0 Å². The van der Waals surface area contributed by atoms with Gasteiger partial charge in [0.2, 0.25) is 5.75 Å². The average molecular weight is 728 g/mol. The number of aliphatic hydroxyl groups is 4. The first-order chi connectivity index (χ1) is 25.8. The van der Waals surface area contributed by atoms with Crippen LogP contribution < -0.4 is 29.6 Å². The minimum absolute atomic E-state index is 0.155. The summed E-state index contributed by atoms with van der Waals surface area (Å²) in [5, 5.41) is 50.1. The third-order valence-corrected chi connectivity index (χ3v) is 9.42. The fourth-order valence-electron chi connectivity index (χ4n) is 6.55. The van der Waals surface area contributed by atoms with Crippen molar-refractivity contribution in [3.05, 3.63) is 111 Å². The molecule has 2 aliphatic rings. The second-order valence-electron chi connectivity index (χ2n) is 12.9. The van der Waals surface area contributed by atoms with Crippen LogP contribution in [-0.2, 0) is 31.3 Å². The van der Waals surface area contributed by atoms with Gasteiger partial charge in [-0.1, -0.05) is 22.9 Å². The first kappa shape index (κ1) is 37.4. The number of rotatable bonds is 16. The molecule has 0 saturated heterocycles. The number of benzene rings is 4. The van der Waals surface area contributed by atoms with Gasteiger partial charge in [-0.2, -0.15) is 0 Å². The Hall–Kier alpha value is -5.34. The zero-order valence-corrected chi connectivity index (χ0v) is 30.0.